The highest BCUT2D eigenvalue weighted by Crippen LogP contribution is 2.22. The van der Waals surface area contributed by atoms with E-state index in [9.17, 15) is 14.4 Å². The van der Waals surface area contributed by atoms with Crippen LogP contribution in [0.3, 0.4) is 0 Å². The molecule has 0 saturated carbocycles. The van der Waals surface area contributed by atoms with Crippen LogP contribution in [0.2, 0.25) is 0 Å². The second kappa shape index (κ2) is 9.47. The van der Waals surface area contributed by atoms with Gasteiger partial charge in [-0.05, 0) is 64.0 Å². The van der Waals surface area contributed by atoms with Gasteiger partial charge in [-0.1, -0.05) is 30.3 Å². The minimum atomic E-state index is -0.311. The number of nitrogens with zero attached hydrogens (tertiary/aromatic N) is 1. The number of ketones is 1. The number of likely N-dealkylation sites (tertiary alicyclic amines) is 1. The summed E-state index contributed by atoms with van der Waals surface area (Å²) in [5, 5.41) is 5.85. The predicted molar refractivity (Wildman–Crippen MR) is 114 cm³/mol. The lowest BCUT2D eigenvalue weighted by atomic mass is 9.94. The number of carbonyl (C=O) groups is 3. The van der Waals surface area contributed by atoms with Crippen LogP contribution >= 0.6 is 0 Å². The first-order valence-electron chi connectivity index (χ1n) is 9.96. The smallest absolute Gasteiger partial charge is 0.241 e. The first kappa shape index (κ1) is 20.7. The molecule has 0 aliphatic carbocycles. The summed E-state index contributed by atoms with van der Waals surface area (Å²) < 4.78 is 0. The quantitative estimate of drug-likeness (QED) is 0.736. The number of amides is 2. The van der Waals surface area contributed by atoms with Crippen molar-refractivity contribution in [2.45, 2.75) is 32.7 Å². The van der Waals surface area contributed by atoms with Crippen molar-refractivity contribution in [2.24, 2.45) is 5.92 Å². The van der Waals surface area contributed by atoms with Gasteiger partial charge in [0, 0.05) is 22.9 Å². The first-order chi connectivity index (χ1) is 13.9. The average Bonchev–Trinajstić information content (AvgIpc) is 2.74. The molecule has 6 nitrogen and oxygen atoms in total. The monoisotopic (exact) mass is 393 g/mol. The van der Waals surface area contributed by atoms with Crippen LogP contribution in [0.5, 0.6) is 0 Å². The van der Waals surface area contributed by atoms with Crippen molar-refractivity contribution < 1.29 is 14.4 Å². The van der Waals surface area contributed by atoms with Crippen LogP contribution in [-0.4, -0.2) is 41.6 Å². The van der Waals surface area contributed by atoms with Crippen molar-refractivity contribution in [3.8, 4) is 0 Å². The van der Waals surface area contributed by atoms with E-state index in [4.69, 9.17) is 0 Å². The third kappa shape index (κ3) is 5.51. The van der Waals surface area contributed by atoms with Gasteiger partial charge in [0.1, 0.15) is 0 Å². The van der Waals surface area contributed by atoms with E-state index in [1.54, 1.807) is 24.3 Å². The maximum atomic E-state index is 12.6. The Morgan fingerprint density at radius 1 is 0.931 bits per heavy atom. The molecule has 3 rings (SSSR count). The van der Waals surface area contributed by atoms with Gasteiger partial charge in [0.2, 0.25) is 11.8 Å². The number of rotatable bonds is 6. The van der Waals surface area contributed by atoms with E-state index in [0.29, 0.717) is 24.3 Å². The molecule has 1 heterocycles. The van der Waals surface area contributed by atoms with Gasteiger partial charge < -0.3 is 10.6 Å². The molecule has 1 aliphatic rings. The average molecular weight is 393 g/mol. The molecule has 0 radical (unpaired) electrons. The van der Waals surface area contributed by atoms with Crippen molar-refractivity contribution in [3.63, 3.8) is 0 Å². The Balaban J connectivity index is 1.51. The third-order valence-corrected chi connectivity index (χ3v) is 5.41. The Labute approximate surface area is 171 Å². The van der Waals surface area contributed by atoms with Crippen molar-refractivity contribution in [3.05, 3.63) is 60.2 Å². The number of hydrogen-bond donors (Lipinski definition) is 2. The predicted octanol–water partition coefficient (Wildman–Crippen LogP) is 3.57. The van der Waals surface area contributed by atoms with Crippen LogP contribution in [0.15, 0.2) is 54.6 Å². The van der Waals surface area contributed by atoms with E-state index < -0.39 is 0 Å². The molecule has 2 N–H and O–H groups in total. The summed E-state index contributed by atoms with van der Waals surface area (Å²) in [6.07, 6.45) is 1.44. The second-order valence-corrected chi connectivity index (χ2v) is 7.47. The number of carbonyl (C=O) groups excluding carboxylic acids is 3. The van der Waals surface area contributed by atoms with Gasteiger partial charge in [0.15, 0.2) is 5.78 Å². The minimum absolute atomic E-state index is 0.0361. The van der Waals surface area contributed by atoms with Crippen LogP contribution in [0.25, 0.3) is 0 Å². The number of benzene rings is 2. The Hall–Kier alpha value is -2.99. The van der Waals surface area contributed by atoms with Crippen molar-refractivity contribution in [1.29, 1.82) is 0 Å². The van der Waals surface area contributed by atoms with Gasteiger partial charge in [0.25, 0.3) is 0 Å². The maximum absolute atomic E-state index is 12.6. The van der Waals surface area contributed by atoms with Crippen LogP contribution < -0.4 is 10.6 Å². The van der Waals surface area contributed by atoms with E-state index in [1.807, 2.05) is 37.3 Å². The van der Waals surface area contributed by atoms with Gasteiger partial charge in [-0.2, -0.15) is 0 Å². The number of Topliss-reactive ketones (excluding diaryl/α,β-unsaturated/α-hetero) is 1. The van der Waals surface area contributed by atoms with Crippen LogP contribution in [0, 0.1) is 5.92 Å². The molecule has 0 spiro atoms. The number of nitrogens with one attached hydrogen (secondary N) is 2. The molecule has 1 aliphatic heterocycles. The Morgan fingerprint density at radius 3 is 2.24 bits per heavy atom. The van der Waals surface area contributed by atoms with E-state index in [0.717, 1.165) is 18.5 Å². The van der Waals surface area contributed by atoms with E-state index in [2.05, 4.69) is 15.5 Å². The van der Waals surface area contributed by atoms with E-state index >= 15 is 0 Å². The number of para-hydroxylation sites is 1. The van der Waals surface area contributed by atoms with Crippen LogP contribution in [0.1, 0.15) is 37.0 Å². The summed E-state index contributed by atoms with van der Waals surface area (Å²) in [6.45, 7) is 4.75. The number of anilines is 2. The SMILES string of the molecule is CC(=O)c1cccc(NC(=O)[C@H](C)N2CCC(C(=O)Nc3ccccc3)CC2)c1. The molecule has 1 fully saturated rings. The molecule has 0 unspecified atom stereocenters. The normalized spacial score (nSPS) is 16.1. The lowest BCUT2D eigenvalue weighted by Gasteiger charge is -2.34. The highest BCUT2D eigenvalue weighted by molar-refractivity contribution is 5.98. The molecule has 2 amide bonds. The van der Waals surface area contributed by atoms with Gasteiger partial charge in [-0.15, -0.1) is 0 Å². The summed E-state index contributed by atoms with van der Waals surface area (Å²) >= 11 is 0. The van der Waals surface area contributed by atoms with Gasteiger partial charge in [-0.25, -0.2) is 0 Å². The number of hydrogen-bond acceptors (Lipinski definition) is 4. The van der Waals surface area contributed by atoms with Crippen molar-refractivity contribution in [2.75, 3.05) is 23.7 Å². The molecular weight excluding hydrogens is 366 g/mol. The summed E-state index contributed by atoms with van der Waals surface area (Å²) in [5.41, 5.74) is 1.99. The molecule has 152 valence electrons. The zero-order valence-corrected chi connectivity index (χ0v) is 16.9. The largest absolute Gasteiger partial charge is 0.326 e. The summed E-state index contributed by atoms with van der Waals surface area (Å²) in [7, 11) is 0. The molecule has 29 heavy (non-hydrogen) atoms. The molecule has 0 bridgehead atoms. The van der Waals surface area contributed by atoms with Gasteiger partial charge in [-0.3, -0.25) is 19.3 Å². The molecular formula is C23H27N3O3. The zero-order chi connectivity index (χ0) is 20.8. The molecule has 6 heteroatoms. The molecule has 1 saturated heterocycles. The topological polar surface area (TPSA) is 78.5 Å². The number of piperidine rings is 1. The van der Waals surface area contributed by atoms with Gasteiger partial charge in [0.05, 0.1) is 6.04 Å². The van der Waals surface area contributed by atoms with E-state index in [1.165, 1.54) is 6.92 Å². The zero-order valence-electron chi connectivity index (χ0n) is 16.9. The Bertz CT molecular complexity index is 874. The fourth-order valence-corrected chi connectivity index (χ4v) is 3.54. The third-order valence-electron chi connectivity index (χ3n) is 5.41. The Kier molecular flexibility index (Phi) is 6.77. The maximum Gasteiger partial charge on any atom is 0.241 e. The summed E-state index contributed by atoms with van der Waals surface area (Å²) in [6, 6.07) is 16.1. The molecule has 2 aromatic rings. The van der Waals surface area contributed by atoms with Crippen molar-refractivity contribution >= 4 is 29.0 Å². The minimum Gasteiger partial charge on any atom is -0.326 e. The second-order valence-electron chi connectivity index (χ2n) is 7.47. The fraction of sp³-hybridized carbons (Fsp3) is 0.348. The molecule has 1 atom stereocenters. The lowest BCUT2D eigenvalue weighted by molar-refractivity contribution is -0.123. The first-order valence-corrected chi connectivity index (χ1v) is 9.96. The van der Waals surface area contributed by atoms with E-state index in [-0.39, 0.29) is 29.6 Å². The molecule has 0 aromatic heterocycles. The van der Waals surface area contributed by atoms with Crippen molar-refractivity contribution in [1.82, 2.24) is 4.90 Å². The van der Waals surface area contributed by atoms with Crippen LogP contribution in [0.4, 0.5) is 11.4 Å². The standard InChI is InChI=1S/C23H27N3O3/c1-16(22(28)25-21-10-6-7-19(15-21)17(2)27)26-13-11-18(12-14-26)23(29)24-20-8-4-3-5-9-20/h3-10,15-16,18H,11-14H2,1-2H3,(H,24,29)(H,25,28)/t16-/m0/s1. The van der Waals surface area contributed by atoms with Crippen LogP contribution in [-0.2, 0) is 9.59 Å². The molecule has 2 aromatic carbocycles. The lowest BCUT2D eigenvalue weighted by Crippen LogP contribution is -2.47. The van der Waals surface area contributed by atoms with Gasteiger partial charge >= 0.3 is 0 Å². The summed E-state index contributed by atoms with van der Waals surface area (Å²) in [4.78, 5) is 38.7. The summed E-state index contributed by atoms with van der Waals surface area (Å²) in [5.74, 6) is -0.161. The highest BCUT2D eigenvalue weighted by Gasteiger charge is 2.29. The fourth-order valence-electron chi connectivity index (χ4n) is 3.54. The Morgan fingerprint density at radius 2 is 1.59 bits per heavy atom. The highest BCUT2D eigenvalue weighted by atomic mass is 16.2.